The fourth-order valence-electron chi connectivity index (χ4n) is 3.89. The molecule has 3 aromatic rings. The number of fused-ring (bicyclic) bond motifs is 1. The van der Waals surface area contributed by atoms with Crippen LogP contribution in [0.1, 0.15) is 45.7 Å². The van der Waals surface area contributed by atoms with Crippen LogP contribution in [0.25, 0.3) is 5.69 Å². The highest BCUT2D eigenvalue weighted by Gasteiger charge is 2.18. The predicted octanol–water partition coefficient (Wildman–Crippen LogP) is 4.16. The quantitative estimate of drug-likeness (QED) is 0.649. The molecule has 0 aliphatic heterocycles. The predicted molar refractivity (Wildman–Crippen MR) is 115 cm³/mol. The minimum atomic E-state index is -0.480. The number of carbonyl (C=O) groups is 2. The van der Waals surface area contributed by atoms with E-state index in [1.807, 2.05) is 56.3 Å². The summed E-state index contributed by atoms with van der Waals surface area (Å²) >= 11 is 0. The second kappa shape index (κ2) is 8.53. The zero-order valence-corrected chi connectivity index (χ0v) is 17.3. The van der Waals surface area contributed by atoms with Crippen LogP contribution in [0.3, 0.4) is 0 Å². The molecule has 0 spiro atoms. The number of para-hydroxylation sites is 1. The summed E-state index contributed by atoms with van der Waals surface area (Å²) in [4.78, 5) is 24.8. The molecular weight excluding hydrogens is 378 g/mol. The van der Waals surface area contributed by atoms with Gasteiger partial charge in [0.15, 0.2) is 6.61 Å². The molecule has 1 heterocycles. The molecule has 0 unspecified atom stereocenters. The number of amides is 1. The number of carbonyl (C=O) groups excluding carboxylic acids is 2. The number of aromatic nitrogens is 2. The molecule has 6 nitrogen and oxygen atoms in total. The van der Waals surface area contributed by atoms with Crippen molar-refractivity contribution in [1.82, 2.24) is 9.78 Å². The second-order valence-corrected chi connectivity index (χ2v) is 7.61. The fraction of sp³-hybridized carbons (Fsp3) is 0.292. The van der Waals surface area contributed by atoms with E-state index >= 15 is 0 Å². The SMILES string of the molecule is Cc1nn(-c2ccccc2)c(C)c1NC(=O)COC(=O)c1ccc2c(c1)CCCC2. The van der Waals surface area contributed by atoms with Gasteiger partial charge < -0.3 is 10.1 Å². The van der Waals surface area contributed by atoms with E-state index in [0.29, 0.717) is 16.9 Å². The zero-order valence-electron chi connectivity index (χ0n) is 17.3. The van der Waals surface area contributed by atoms with Gasteiger partial charge in [-0.15, -0.1) is 0 Å². The van der Waals surface area contributed by atoms with Crippen LogP contribution in [-0.4, -0.2) is 28.3 Å². The molecule has 30 heavy (non-hydrogen) atoms. The number of nitrogens with zero attached hydrogens (tertiary/aromatic N) is 2. The van der Waals surface area contributed by atoms with Gasteiger partial charge in [0.05, 0.1) is 28.3 Å². The minimum absolute atomic E-state index is 0.342. The summed E-state index contributed by atoms with van der Waals surface area (Å²) in [6, 6.07) is 15.4. The molecule has 4 rings (SSSR count). The molecule has 154 valence electrons. The van der Waals surface area contributed by atoms with Crippen LogP contribution in [0.15, 0.2) is 48.5 Å². The van der Waals surface area contributed by atoms with E-state index in [9.17, 15) is 9.59 Å². The lowest BCUT2D eigenvalue weighted by Crippen LogP contribution is -2.21. The molecule has 0 fully saturated rings. The van der Waals surface area contributed by atoms with Crippen molar-refractivity contribution in [2.24, 2.45) is 0 Å². The van der Waals surface area contributed by atoms with Crippen molar-refractivity contribution < 1.29 is 14.3 Å². The van der Waals surface area contributed by atoms with Crippen LogP contribution >= 0.6 is 0 Å². The number of benzene rings is 2. The molecule has 6 heteroatoms. The van der Waals surface area contributed by atoms with Crippen LogP contribution in [0.4, 0.5) is 5.69 Å². The van der Waals surface area contributed by atoms with Crippen molar-refractivity contribution in [3.05, 3.63) is 76.6 Å². The average Bonchev–Trinajstić information content (AvgIpc) is 3.06. The van der Waals surface area contributed by atoms with E-state index in [1.54, 1.807) is 10.7 Å². The maximum absolute atomic E-state index is 12.4. The summed E-state index contributed by atoms with van der Waals surface area (Å²) in [7, 11) is 0. The molecule has 2 aromatic carbocycles. The Kier molecular flexibility index (Phi) is 5.65. The molecule has 1 aliphatic rings. The number of aryl methyl sites for hydroxylation is 3. The molecule has 1 aliphatic carbocycles. The van der Waals surface area contributed by atoms with Crippen molar-refractivity contribution >= 4 is 17.6 Å². The third-order valence-electron chi connectivity index (χ3n) is 5.48. The van der Waals surface area contributed by atoms with E-state index < -0.39 is 5.97 Å². The number of ether oxygens (including phenoxy) is 1. The molecule has 1 aromatic heterocycles. The maximum Gasteiger partial charge on any atom is 0.338 e. The fourth-order valence-corrected chi connectivity index (χ4v) is 3.89. The number of esters is 1. The number of nitrogens with one attached hydrogen (secondary N) is 1. The topological polar surface area (TPSA) is 73.2 Å². The Hall–Kier alpha value is -3.41. The van der Waals surface area contributed by atoms with Crippen molar-refractivity contribution in [3.8, 4) is 5.69 Å². The third kappa shape index (κ3) is 4.13. The van der Waals surface area contributed by atoms with E-state index in [0.717, 1.165) is 30.6 Å². The summed E-state index contributed by atoms with van der Waals surface area (Å²) in [6.07, 6.45) is 4.38. The van der Waals surface area contributed by atoms with Gasteiger partial charge in [-0.1, -0.05) is 24.3 Å². The van der Waals surface area contributed by atoms with Crippen LogP contribution < -0.4 is 5.32 Å². The van der Waals surface area contributed by atoms with Gasteiger partial charge in [0.25, 0.3) is 5.91 Å². The van der Waals surface area contributed by atoms with Crippen molar-refractivity contribution in [2.75, 3.05) is 11.9 Å². The summed E-state index contributed by atoms with van der Waals surface area (Å²) in [5.41, 5.74) is 6.06. The summed E-state index contributed by atoms with van der Waals surface area (Å²) in [5, 5.41) is 7.34. The molecule has 1 N–H and O–H groups in total. The van der Waals surface area contributed by atoms with Gasteiger partial charge in [-0.25, -0.2) is 9.48 Å². The van der Waals surface area contributed by atoms with Gasteiger partial charge in [-0.2, -0.15) is 5.10 Å². The first-order valence-electron chi connectivity index (χ1n) is 10.2. The molecule has 0 saturated carbocycles. The summed E-state index contributed by atoms with van der Waals surface area (Å²) < 4.78 is 7.03. The number of hydrogen-bond acceptors (Lipinski definition) is 4. The Bertz CT molecular complexity index is 1090. The molecule has 0 atom stereocenters. The van der Waals surface area contributed by atoms with Crippen LogP contribution in [0.5, 0.6) is 0 Å². The van der Waals surface area contributed by atoms with Crippen LogP contribution in [0.2, 0.25) is 0 Å². The highest BCUT2D eigenvalue weighted by atomic mass is 16.5. The largest absolute Gasteiger partial charge is 0.452 e. The van der Waals surface area contributed by atoms with E-state index in [4.69, 9.17) is 4.74 Å². The van der Waals surface area contributed by atoms with Gasteiger partial charge in [0.1, 0.15) is 0 Å². The average molecular weight is 403 g/mol. The standard InChI is InChI=1S/C24H25N3O3/c1-16-23(17(2)27(26-16)21-10-4-3-5-11-21)25-22(28)15-30-24(29)20-13-12-18-8-6-7-9-19(18)14-20/h3-5,10-14H,6-9,15H2,1-2H3,(H,25,28). The van der Waals surface area contributed by atoms with Crippen molar-refractivity contribution in [1.29, 1.82) is 0 Å². The lowest BCUT2D eigenvalue weighted by molar-refractivity contribution is -0.119. The Labute approximate surface area is 175 Å². The smallest absolute Gasteiger partial charge is 0.338 e. The normalized spacial score (nSPS) is 12.9. The van der Waals surface area contributed by atoms with E-state index in [1.165, 1.54) is 17.5 Å². The molecule has 0 saturated heterocycles. The molecular formula is C24H25N3O3. The Morgan fingerprint density at radius 2 is 1.77 bits per heavy atom. The van der Waals surface area contributed by atoms with Gasteiger partial charge in [0, 0.05) is 0 Å². The first kappa shape index (κ1) is 19.9. The lowest BCUT2D eigenvalue weighted by atomic mass is 9.90. The molecule has 1 amide bonds. The van der Waals surface area contributed by atoms with Crippen molar-refractivity contribution in [2.45, 2.75) is 39.5 Å². The lowest BCUT2D eigenvalue weighted by Gasteiger charge is -2.16. The maximum atomic E-state index is 12.4. The number of anilines is 1. The van der Waals surface area contributed by atoms with Crippen LogP contribution in [-0.2, 0) is 22.4 Å². The third-order valence-corrected chi connectivity index (χ3v) is 5.48. The van der Waals surface area contributed by atoms with Crippen LogP contribution in [0, 0.1) is 13.8 Å². The van der Waals surface area contributed by atoms with Crippen molar-refractivity contribution in [3.63, 3.8) is 0 Å². The highest BCUT2D eigenvalue weighted by molar-refractivity contribution is 5.96. The highest BCUT2D eigenvalue weighted by Crippen LogP contribution is 2.24. The van der Waals surface area contributed by atoms with Gasteiger partial charge in [-0.05, 0) is 74.9 Å². The van der Waals surface area contributed by atoms with Gasteiger partial charge >= 0.3 is 5.97 Å². The van der Waals surface area contributed by atoms with Gasteiger partial charge in [0.2, 0.25) is 0 Å². The monoisotopic (exact) mass is 403 g/mol. The Balaban J connectivity index is 1.40. The summed E-state index contributed by atoms with van der Waals surface area (Å²) in [6.45, 7) is 3.38. The van der Waals surface area contributed by atoms with Gasteiger partial charge in [-0.3, -0.25) is 4.79 Å². The second-order valence-electron chi connectivity index (χ2n) is 7.61. The van der Waals surface area contributed by atoms with E-state index in [2.05, 4.69) is 10.4 Å². The van der Waals surface area contributed by atoms with E-state index in [-0.39, 0.29) is 12.5 Å². The number of rotatable bonds is 5. The summed E-state index contributed by atoms with van der Waals surface area (Å²) in [5.74, 6) is -0.868. The Morgan fingerprint density at radius 1 is 1.03 bits per heavy atom. The Morgan fingerprint density at radius 3 is 2.53 bits per heavy atom. The number of hydrogen-bond donors (Lipinski definition) is 1. The zero-order chi connectivity index (χ0) is 21.1. The first-order chi connectivity index (χ1) is 14.5. The minimum Gasteiger partial charge on any atom is -0.452 e. The molecule has 0 radical (unpaired) electrons. The first-order valence-corrected chi connectivity index (χ1v) is 10.2. The molecule has 0 bridgehead atoms.